The average molecular weight is 381 g/mol. The minimum absolute atomic E-state index is 0.286. The largest absolute Gasteiger partial charge is 0.497 e. The van der Waals surface area contributed by atoms with Gasteiger partial charge >= 0.3 is 12.1 Å². The molecule has 0 spiro atoms. The van der Waals surface area contributed by atoms with E-state index in [1.54, 1.807) is 18.2 Å². The van der Waals surface area contributed by atoms with Crippen molar-refractivity contribution in [2.24, 2.45) is 0 Å². The van der Waals surface area contributed by atoms with E-state index in [0.29, 0.717) is 29.6 Å². The SMILES string of the molecule is COc1ccc2c(c1)CCN[C@]2(CCBr)NC(=O)C(F)(F)F. The number of rotatable bonds is 4. The van der Waals surface area contributed by atoms with Crippen LogP contribution in [0.15, 0.2) is 18.2 Å². The van der Waals surface area contributed by atoms with Crippen molar-refractivity contribution in [3.8, 4) is 5.75 Å². The molecule has 1 heterocycles. The second-order valence-electron chi connectivity index (χ2n) is 5.00. The fourth-order valence-corrected chi connectivity index (χ4v) is 3.22. The Kier molecular flexibility index (Phi) is 5.01. The first-order valence-corrected chi connectivity index (χ1v) is 7.82. The number of carbonyl (C=O) groups excluding carboxylic acids is 1. The van der Waals surface area contributed by atoms with Crippen molar-refractivity contribution >= 4 is 21.8 Å². The number of fused-ring (bicyclic) bond motifs is 1. The third-order valence-electron chi connectivity index (χ3n) is 3.65. The minimum atomic E-state index is -4.93. The zero-order chi connectivity index (χ0) is 16.4. The molecule has 0 radical (unpaired) electrons. The van der Waals surface area contributed by atoms with Crippen LogP contribution in [0.5, 0.6) is 5.75 Å². The predicted molar refractivity (Wildman–Crippen MR) is 79.0 cm³/mol. The number of nitrogens with one attached hydrogen (secondary N) is 2. The first kappa shape index (κ1) is 17.1. The van der Waals surface area contributed by atoms with Gasteiger partial charge in [-0.2, -0.15) is 13.2 Å². The molecule has 122 valence electrons. The van der Waals surface area contributed by atoms with Crippen LogP contribution in [0, 0.1) is 0 Å². The molecule has 0 aromatic heterocycles. The lowest BCUT2D eigenvalue weighted by Gasteiger charge is -2.41. The van der Waals surface area contributed by atoms with Crippen LogP contribution < -0.4 is 15.4 Å². The summed E-state index contributed by atoms with van der Waals surface area (Å²) >= 11 is 3.24. The zero-order valence-electron chi connectivity index (χ0n) is 11.9. The summed E-state index contributed by atoms with van der Waals surface area (Å²) in [5.74, 6) is -1.32. The van der Waals surface area contributed by atoms with E-state index in [4.69, 9.17) is 4.74 Å². The molecule has 1 atom stereocenters. The van der Waals surface area contributed by atoms with E-state index in [1.807, 2.05) is 0 Å². The standard InChI is InChI=1S/C14H16BrF3N2O2/c1-22-10-2-3-11-9(8-10)4-7-19-13(11,5-6-15)20-12(21)14(16,17)18/h2-3,8,19H,4-7H2,1H3,(H,20,21)/t13-/m1/s1. The second-order valence-corrected chi connectivity index (χ2v) is 5.79. The Balaban J connectivity index is 2.42. The van der Waals surface area contributed by atoms with Crippen molar-refractivity contribution in [3.05, 3.63) is 29.3 Å². The second kappa shape index (κ2) is 6.45. The number of benzene rings is 1. The summed E-state index contributed by atoms with van der Waals surface area (Å²) in [6, 6.07) is 5.16. The lowest BCUT2D eigenvalue weighted by atomic mass is 9.86. The number of halogens is 4. The van der Waals surface area contributed by atoms with E-state index >= 15 is 0 Å². The van der Waals surface area contributed by atoms with Gasteiger partial charge in [0.1, 0.15) is 11.4 Å². The molecule has 4 nitrogen and oxygen atoms in total. The summed E-state index contributed by atoms with van der Waals surface area (Å²) in [7, 11) is 1.53. The highest BCUT2D eigenvalue weighted by Gasteiger charge is 2.45. The number of hydrogen-bond donors (Lipinski definition) is 2. The van der Waals surface area contributed by atoms with Gasteiger partial charge in [-0.05, 0) is 36.1 Å². The van der Waals surface area contributed by atoms with Crippen molar-refractivity contribution < 1.29 is 22.7 Å². The highest BCUT2D eigenvalue weighted by atomic mass is 79.9. The molecule has 8 heteroatoms. The minimum Gasteiger partial charge on any atom is -0.497 e. The van der Waals surface area contributed by atoms with Crippen molar-refractivity contribution in [3.63, 3.8) is 0 Å². The van der Waals surface area contributed by atoms with Gasteiger partial charge in [-0.3, -0.25) is 10.1 Å². The van der Waals surface area contributed by atoms with Gasteiger partial charge in [0, 0.05) is 11.9 Å². The average Bonchev–Trinajstić information content (AvgIpc) is 2.46. The number of alkyl halides is 4. The number of carbonyl (C=O) groups is 1. The van der Waals surface area contributed by atoms with Crippen LogP contribution in [0.25, 0.3) is 0 Å². The zero-order valence-corrected chi connectivity index (χ0v) is 13.5. The molecule has 22 heavy (non-hydrogen) atoms. The van der Waals surface area contributed by atoms with Crippen molar-refractivity contribution in [1.82, 2.24) is 10.6 Å². The summed E-state index contributed by atoms with van der Waals surface area (Å²) in [6.07, 6.45) is -3.99. The van der Waals surface area contributed by atoms with E-state index in [9.17, 15) is 18.0 Å². The van der Waals surface area contributed by atoms with Crippen LogP contribution in [0.1, 0.15) is 17.5 Å². The first-order chi connectivity index (χ1) is 10.3. The summed E-state index contributed by atoms with van der Waals surface area (Å²) in [4.78, 5) is 11.4. The van der Waals surface area contributed by atoms with Gasteiger partial charge in [-0.1, -0.05) is 22.0 Å². The highest BCUT2D eigenvalue weighted by Crippen LogP contribution is 2.33. The van der Waals surface area contributed by atoms with Crippen LogP contribution in [-0.4, -0.2) is 31.1 Å². The number of hydrogen-bond acceptors (Lipinski definition) is 3. The number of methoxy groups -OCH3 is 1. The van der Waals surface area contributed by atoms with Crippen LogP contribution in [0.2, 0.25) is 0 Å². The van der Waals surface area contributed by atoms with Crippen LogP contribution in [0.3, 0.4) is 0 Å². The van der Waals surface area contributed by atoms with E-state index in [1.165, 1.54) is 7.11 Å². The third kappa shape index (κ3) is 3.38. The lowest BCUT2D eigenvalue weighted by molar-refractivity contribution is -0.176. The molecule has 0 unspecified atom stereocenters. The van der Waals surface area contributed by atoms with Crippen molar-refractivity contribution in [2.75, 3.05) is 19.0 Å². The molecule has 1 aliphatic heterocycles. The summed E-state index contributed by atoms with van der Waals surface area (Å²) in [6.45, 7) is 0.464. The quantitative estimate of drug-likeness (QED) is 0.788. The number of ether oxygens (including phenoxy) is 1. The fraction of sp³-hybridized carbons (Fsp3) is 0.500. The molecule has 0 fully saturated rings. The molecule has 1 aromatic carbocycles. The summed E-state index contributed by atoms with van der Waals surface area (Å²) in [5, 5.41) is 5.58. The monoisotopic (exact) mass is 380 g/mol. The molecule has 1 amide bonds. The van der Waals surface area contributed by atoms with Crippen LogP contribution in [0.4, 0.5) is 13.2 Å². The maximum absolute atomic E-state index is 12.6. The van der Waals surface area contributed by atoms with E-state index in [2.05, 4.69) is 26.6 Å². The van der Waals surface area contributed by atoms with Gasteiger partial charge in [-0.15, -0.1) is 0 Å². The van der Waals surface area contributed by atoms with Crippen LogP contribution >= 0.6 is 15.9 Å². The van der Waals surface area contributed by atoms with Gasteiger partial charge in [0.05, 0.1) is 7.11 Å². The van der Waals surface area contributed by atoms with E-state index in [-0.39, 0.29) is 6.42 Å². The Morgan fingerprint density at radius 2 is 2.23 bits per heavy atom. The van der Waals surface area contributed by atoms with Crippen molar-refractivity contribution in [1.29, 1.82) is 0 Å². The van der Waals surface area contributed by atoms with Crippen LogP contribution in [-0.2, 0) is 16.9 Å². The smallest absolute Gasteiger partial charge is 0.471 e. The fourth-order valence-electron chi connectivity index (χ4n) is 2.63. The number of amides is 1. The molecule has 0 saturated heterocycles. The van der Waals surface area contributed by atoms with Gasteiger partial charge in [-0.25, -0.2) is 0 Å². The molecular weight excluding hydrogens is 365 g/mol. The Bertz CT molecular complexity index is 566. The third-order valence-corrected chi connectivity index (χ3v) is 4.04. The Morgan fingerprint density at radius 1 is 1.50 bits per heavy atom. The van der Waals surface area contributed by atoms with Gasteiger partial charge in [0.2, 0.25) is 0 Å². The molecule has 2 N–H and O–H groups in total. The maximum atomic E-state index is 12.6. The Labute approximate surface area is 134 Å². The molecule has 0 aliphatic carbocycles. The highest BCUT2D eigenvalue weighted by molar-refractivity contribution is 9.09. The maximum Gasteiger partial charge on any atom is 0.471 e. The summed E-state index contributed by atoms with van der Waals surface area (Å²) in [5.41, 5.74) is 0.258. The Morgan fingerprint density at radius 3 is 2.82 bits per heavy atom. The molecule has 0 saturated carbocycles. The van der Waals surface area contributed by atoms with Crippen molar-refractivity contribution in [2.45, 2.75) is 24.7 Å². The first-order valence-electron chi connectivity index (χ1n) is 6.70. The van der Waals surface area contributed by atoms with Gasteiger partial charge < -0.3 is 10.1 Å². The lowest BCUT2D eigenvalue weighted by Crippen LogP contribution is -2.61. The molecule has 2 rings (SSSR count). The molecular formula is C14H16BrF3N2O2. The molecule has 1 aliphatic rings. The summed E-state index contributed by atoms with van der Waals surface area (Å²) < 4.78 is 43.1. The van der Waals surface area contributed by atoms with E-state index in [0.717, 1.165) is 5.56 Å². The van der Waals surface area contributed by atoms with Gasteiger partial charge in [0.25, 0.3) is 0 Å². The molecule has 0 bridgehead atoms. The van der Waals surface area contributed by atoms with Gasteiger partial charge in [0.15, 0.2) is 0 Å². The Hall–Kier alpha value is -1.28. The van der Waals surface area contributed by atoms with E-state index < -0.39 is 17.7 Å². The predicted octanol–water partition coefficient (Wildman–Crippen LogP) is 2.46. The molecule has 1 aromatic rings. The topological polar surface area (TPSA) is 50.4 Å². The normalized spacial score (nSPS) is 21.1.